The van der Waals surface area contributed by atoms with Crippen LogP contribution < -0.4 is 16.0 Å². The van der Waals surface area contributed by atoms with Gasteiger partial charge < -0.3 is 20.9 Å². The van der Waals surface area contributed by atoms with E-state index in [4.69, 9.17) is 4.98 Å². The van der Waals surface area contributed by atoms with E-state index in [1.54, 1.807) is 11.3 Å². The number of carbonyl (C=O) groups is 3. The molecule has 8 nitrogen and oxygen atoms in total. The summed E-state index contributed by atoms with van der Waals surface area (Å²) in [5.74, 6) is 0.0864. The fourth-order valence-corrected chi connectivity index (χ4v) is 6.12. The van der Waals surface area contributed by atoms with Crippen molar-refractivity contribution in [2.75, 3.05) is 27.2 Å². The van der Waals surface area contributed by atoms with Crippen LogP contribution in [0.2, 0.25) is 0 Å². The number of fused-ring (bicyclic) bond motifs is 1. The average Bonchev–Trinajstić information content (AvgIpc) is 3.49. The van der Waals surface area contributed by atoms with Crippen molar-refractivity contribution in [3.8, 4) is 0 Å². The van der Waals surface area contributed by atoms with Crippen molar-refractivity contribution in [3.05, 3.63) is 28.8 Å². The summed E-state index contributed by atoms with van der Waals surface area (Å²) in [5, 5.41) is 9.87. The molecule has 3 N–H and O–H groups in total. The van der Waals surface area contributed by atoms with E-state index in [2.05, 4.69) is 41.9 Å². The van der Waals surface area contributed by atoms with Crippen LogP contribution in [0.1, 0.15) is 69.9 Å². The summed E-state index contributed by atoms with van der Waals surface area (Å²) >= 11 is 1.56. The molecule has 2 aromatic rings. The normalized spacial score (nSPS) is 16.6. The summed E-state index contributed by atoms with van der Waals surface area (Å²) in [7, 11) is 3.89. The second-order valence-corrected chi connectivity index (χ2v) is 12.1. The highest BCUT2D eigenvalue weighted by Gasteiger charge is 2.30. The molecular formula is C28H43N5O3S. The zero-order chi connectivity index (χ0) is 27.1. The van der Waals surface area contributed by atoms with Crippen molar-refractivity contribution in [1.29, 1.82) is 0 Å². The lowest BCUT2D eigenvalue weighted by atomic mass is 9.97. The van der Waals surface area contributed by atoms with Crippen LogP contribution in [0.25, 0.3) is 10.2 Å². The number of aromatic nitrogens is 1. The smallest absolute Gasteiger partial charge is 0.243 e. The summed E-state index contributed by atoms with van der Waals surface area (Å²) in [6, 6.07) is 5.37. The molecule has 0 spiro atoms. The highest BCUT2D eigenvalue weighted by molar-refractivity contribution is 7.18. The van der Waals surface area contributed by atoms with E-state index in [0.29, 0.717) is 31.3 Å². The molecule has 0 aliphatic heterocycles. The molecule has 1 fully saturated rings. The number of hydrogen-bond donors (Lipinski definition) is 3. The average molecular weight is 530 g/mol. The minimum atomic E-state index is -0.727. The molecule has 0 bridgehead atoms. The quantitative estimate of drug-likeness (QED) is 0.391. The summed E-state index contributed by atoms with van der Waals surface area (Å²) in [6.07, 6.45) is 4.62. The minimum absolute atomic E-state index is 0.0143. The fraction of sp³-hybridized carbons (Fsp3) is 0.643. The Morgan fingerprint density at radius 3 is 2.41 bits per heavy atom. The van der Waals surface area contributed by atoms with E-state index in [1.165, 1.54) is 12.5 Å². The molecule has 204 valence electrons. The first kappa shape index (κ1) is 29.0. The van der Waals surface area contributed by atoms with Crippen molar-refractivity contribution >= 4 is 39.3 Å². The number of carbonyl (C=O) groups excluding carboxylic acids is 3. The number of thiazole rings is 1. The van der Waals surface area contributed by atoms with Gasteiger partial charge in [0.15, 0.2) is 0 Å². The Balaban J connectivity index is 1.71. The maximum absolute atomic E-state index is 13.5. The monoisotopic (exact) mass is 529 g/mol. The standard InChI is InChI=1S/C28H43N5O3S/c1-17(2)21-11-12-22-25(13-21)37-26(31-22)14-23(30-19(4)34)28(36)32-24(20-9-7-8-10-20)15-29-27(35)18(3)16-33(5)6/h11-13,17-18,20,23-24H,7-10,14-16H2,1-6H3,(H,29,35)(H,30,34)(H,32,36)/t18?,23-,24+/m0/s1. The molecule has 3 atom stereocenters. The number of hydrogen-bond acceptors (Lipinski definition) is 6. The van der Waals surface area contributed by atoms with Gasteiger partial charge in [-0.25, -0.2) is 4.98 Å². The van der Waals surface area contributed by atoms with Crippen molar-refractivity contribution < 1.29 is 14.4 Å². The molecule has 1 aliphatic rings. The maximum atomic E-state index is 13.5. The Labute approximate surface area is 225 Å². The lowest BCUT2D eigenvalue weighted by molar-refractivity contribution is -0.129. The Hall–Kier alpha value is -2.52. The van der Waals surface area contributed by atoms with Crippen LogP contribution in [0.3, 0.4) is 0 Å². The molecule has 0 radical (unpaired) electrons. The van der Waals surface area contributed by atoms with Crippen LogP contribution in [0.4, 0.5) is 0 Å². The number of nitrogens with zero attached hydrogens (tertiary/aromatic N) is 2. The van der Waals surface area contributed by atoms with Crippen molar-refractivity contribution in [3.63, 3.8) is 0 Å². The first-order valence-electron chi connectivity index (χ1n) is 13.4. The second-order valence-electron chi connectivity index (χ2n) is 11.0. The molecule has 37 heavy (non-hydrogen) atoms. The van der Waals surface area contributed by atoms with E-state index in [1.807, 2.05) is 32.0 Å². The number of benzene rings is 1. The maximum Gasteiger partial charge on any atom is 0.243 e. The lowest BCUT2D eigenvalue weighted by Crippen LogP contribution is -2.55. The summed E-state index contributed by atoms with van der Waals surface area (Å²) < 4.78 is 1.08. The molecule has 1 saturated carbocycles. The van der Waals surface area contributed by atoms with E-state index in [9.17, 15) is 14.4 Å². The predicted octanol–water partition coefficient (Wildman–Crippen LogP) is 3.46. The molecule has 3 amide bonds. The van der Waals surface area contributed by atoms with Gasteiger partial charge in [0.25, 0.3) is 0 Å². The van der Waals surface area contributed by atoms with E-state index >= 15 is 0 Å². The van der Waals surface area contributed by atoms with Gasteiger partial charge >= 0.3 is 0 Å². The van der Waals surface area contributed by atoms with E-state index < -0.39 is 6.04 Å². The van der Waals surface area contributed by atoms with Gasteiger partial charge in [0, 0.05) is 38.4 Å². The van der Waals surface area contributed by atoms with Crippen LogP contribution in [0.5, 0.6) is 0 Å². The van der Waals surface area contributed by atoms with E-state index in [0.717, 1.165) is 40.9 Å². The van der Waals surface area contributed by atoms with Crippen molar-refractivity contribution in [2.45, 2.75) is 77.8 Å². The largest absolute Gasteiger partial charge is 0.354 e. The molecular weight excluding hydrogens is 486 g/mol. The third-order valence-corrected chi connectivity index (χ3v) is 8.12. The first-order valence-corrected chi connectivity index (χ1v) is 14.2. The Kier molecular flexibility index (Phi) is 10.5. The molecule has 0 saturated heterocycles. The van der Waals surface area contributed by atoms with Gasteiger partial charge in [0.1, 0.15) is 6.04 Å². The van der Waals surface area contributed by atoms with Gasteiger partial charge in [0.2, 0.25) is 17.7 Å². The van der Waals surface area contributed by atoms with E-state index in [-0.39, 0.29) is 29.7 Å². The van der Waals surface area contributed by atoms with Gasteiger partial charge in [-0.15, -0.1) is 11.3 Å². The minimum Gasteiger partial charge on any atom is -0.354 e. The molecule has 9 heteroatoms. The lowest BCUT2D eigenvalue weighted by Gasteiger charge is -2.28. The Morgan fingerprint density at radius 2 is 1.78 bits per heavy atom. The highest BCUT2D eigenvalue weighted by Crippen LogP contribution is 2.29. The van der Waals surface area contributed by atoms with Crippen LogP contribution in [-0.2, 0) is 20.8 Å². The summed E-state index contributed by atoms with van der Waals surface area (Å²) in [4.78, 5) is 44.8. The highest BCUT2D eigenvalue weighted by atomic mass is 32.1. The first-order chi connectivity index (χ1) is 17.5. The van der Waals surface area contributed by atoms with Crippen molar-refractivity contribution in [2.24, 2.45) is 11.8 Å². The third-order valence-electron chi connectivity index (χ3n) is 7.08. The Morgan fingerprint density at radius 1 is 1.08 bits per heavy atom. The van der Waals surface area contributed by atoms with Crippen LogP contribution in [-0.4, -0.2) is 66.9 Å². The van der Waals surface area contributed by atoms with Crippen molar-refractivity contribution in [1.82, 2.24) is 25.8 Å². The number of rotatable bonds is 12. The topological polar surface area (TPSA) is 103 Å². The van der Waals surface area contributed by atoms with Crippen LogP contribution >= 0.6 is 11.3 Å². The Bertz CT molecular complexity index is 1080. The van der Waals surface area contributed by atoms with Gasteiger partial charge in [0.05, 0.1) is 15.2 Å². The predicted molar refractivity (Wildman–Crippen MR) is 150 cm³/mol. The number of amides is 3. The molecule has 3 rings (SSSR count). The summed E-state index contributed by atoms with van der Waals surface area (Å²) in [6.45, 7) is 8.71. The molecule has 1 aromatic heterocycles. The fourth-order valence-electron chi connectivity index (χ4n) is 5.06. The SMILES string of the molecule is CC(=O)N[C@@H](Cc1nc2ccc(C(C)C)cc2s1)C(=O)N[C@H](CNC(=O)C(C)CN(C)C)C1CCCC1. The van der Waals surface area contributed by atoms with Gasteiger partial charge in [-0.05, 0) is 56.5 Å². The van der Waals surface area contributed by atoms with Crippen LogP contribution in [0.15, 0.2) is 18.2 Å². The third kappa shape index (κ3) is 8.50. The molecule has 1 aliphatic carbocycles. The molecule has 1 aromatic carbocycles. The van der Waals surface area contributed by atoms with Gasteiger partial charge in [-0.1, -0.05) is 39.7 Å². The van der Waals surface area contributed by atoms with Crippen LogP contribution in [0, 0.1) is 11.8 Å². The van der Waals surface area contributed by atoms with Gasteiger partial charge in [-0.3, -0.25) is 14.4 Å². The molecule has 1 unspecified atom stereocenters. The molecule has 1 heterocycles. The second kappa shape index (κ2) is 13.3. The zero-order valence-electron chi connectivity index (χ0n) is 23.1. The van der Waals surface area contributed by atoms with Gasteiger partial charge in [-0.2, -0.15) is 0 Å². The number of nitrogens with one attached hydrogen (secondary N) is 3. The summed E-state index contributed by atoms with van der Waals surface area (Å²) in [5.41, 5.74) is 2.16. The zero-order valence-corrected chi connectivity index (χ0v) is 23.9.